The van der Waals surface area contributed by atoms with Crippen molar-refractivity contribution in [1.82, 2.24) is 9.97 Å². The van der Waals surface area contributed by atoms with E-state index in [0.717, 1.165) is 0 Å². The molecule has 0 aliphatic heterocycles. The van der Waals surface area contributed by atoms with Gasteiger partial charge in [-0.25, -0.2) is 27.5 Å². The predicted octanol–water partition coefficient (Wildman–Crippen LogP) is 3.85. The summed E-state index contributed by atoms with van der Waals surface area (Å²) in [6, 6.07) is 1.45. The average Bonchev–Trinajstić information content (AvgIpc) is 2.31. The van der Waals surface area contributed by atoms with E-state index in [0.29, 0.717) is 10.4 Å². The van der Waals surface area contributed by atoms with E-state index < -0.39 is 29.0 Å². The van der Waals surface area contributed by atoms with Crippen molar-refractivity contribution in [2.24, 2.45) is 0 Å². The molecule has 3 nitrogen and oxygen atoms in total. The number of halogens is 5. The molecule has 100 valence electrons. The number of nitrogens with zero attached hydrogens (tertiary/aromatic N) is 2. The number of anilines is 2. The van der Waals surface area contributed by atoms with Crippen LogP contribution in [0.3, 0.4) is 0 Å². The summed E-state index contributed by atoms with van der Waals surface area (Å²) in [5.74, 6) is -5.72. The third-order valence-electron chi connectivity index (χ3n) is 2.17. The highest BCUT2D eigenvalue weighted by molar-refractivity contribution is 9.10. The minimum Gasteiger partial charge on any atom is -0.335 e. The summed E-state index contributed by atoms with van der Waals surface area (Å²) in [7, 11) is 0. The third kappa shape index (κ3) is 2.83. The van der Waals surface area contributed by atoms with Gasteiger partial charge in [0.05, 0.1) is 0 Å². The molecule has 0 aliphatic rings. The highest BCUT2D eigenvalue weighted by Gasteiger charge is 2.19. The van der Waals surface area contributed by atoms with Gasteiger partial charge in [0.2, 0.25) is 0 Å². The van der Waals surface area contributed by atoms with E-state index in [4.69, 9.17) is 0 Å². The Labute approximate surface area is 113 Å². The molecule has 2 aromatic rings. The van der Waals surface area contributed by atoms with Crippen LogP contribution >= 0.6 is 15.9 Å². The van der Waals surface area contributed by atoms with Crippen LogP contribution in [0.25, 0.3) is 0 Å². The fraction of sp³-hybridized carbons (Fsp3) is 0.0909. The largest absolute Gasteiger partial charge is 0.335 e. The topological polar surface area (TPSA) is 37.8 Å². The smallest absolute Gasteiger partial charge is 0.185 e. The molecule has 19 heavy (non-hydrogen) atoms. The molecule has 0 spiro atoms. The van der Waals surface area contributed by atoms with Gasteiger partial charge in [0.15, 0.2) is 23.3 Å². The number of aryl methyl sites for hydroxylation is 1. The molecule has 1 heterocycles. The van der Waals surface area contributed by atoms with Gasteiger partial charge in [0, 0.05) is 12.1 Å². The van der Waals surface area contributed by atoms with E-state index in [1.165, 1.54) is 6.07 Å². The maximum Gasteiger partial charge on any atom is 0.185 e. The van der Waals surface area contributed by atoms with Crippen molar-refractivity contribution in [2.75, 3.05) is 5.32 Å². The summed E-state index contributed by atoms with van der Waals surface area (Å²) in [5, 5.41) is 2.19. The molecule has 1 aromatic heterocycles. The van der Waals surface area contributed by atoms with Crippen molar-refractivity contribution in [1.29, 1.82) is 0 Å². The molecule has 0 fully saturated rings. The van der Waals surface area contributed by atoms with Gasteiger partial charge in [-0.1, -0.05) is 0 Å². The van der Waals surface area contributed by atoms with E-state index in [-0.39, 0.29) is 11.9 Å². The second kappa shape index (κ2) is 5.12. The van der Waals surface area contributed by atoms with Crippen LogP contribution in [0.15, 0.2) is 16.7 Å². The monoisotopic (exact) mass is 335 g/mol. The molecule has 1 N–H and O–H groups in total. The van der Waals surface area contributed by atoms with Crippen LogP contribution in [-0.2, 0) is 0 Å². The van der Waals surface area contributed by atoms with Crippen LogP contribution in [0.2, 0.25) is 0 Å². The zero-order chi connectivity index (χ0) is 14.2. The lowest BCUT2D eigenvalue weighted by atomic mass is 10.2. The summed E-state index contributed by atoms with van der Waals surface area (Å²) < 4.78 is 53.3. The zero-order valence-corrected chi connectivity index (χ0v) is 11.0. The van der Waals surface area contributed by atoms with Crippen molar-refractivity contribution in [2.45, 2.75) is 6.92 Å². The molecular formula is C11H6BrF4N3. The Morgan fingerprint density at radius 2 is 1.58 bits per heavy atom. The van der Waals surface area contributed by atoms with Crippen LogP contribution in [0, 0.1) is 30.2 Å². The van der Waals surface area contributed by atoms with E-state index in [9.17, 15) is 17.6 Å². The van der Waals surface area contributed by atoms with Crippen LogP contribution in [-0.4, -0.2) is 9.97 Å². The Kier molecular flexibility index (Phi) is 3.70. The van der Waals surface area contributed by atoms with Crippen LogP contribution in [0.5, 0.6) is 0 Å². The lowest BCUT2D eigenvalue weighted by molar-refractivity contribution is 0.459. The standard InChI is InChI=1S/C11H6BrF4N3/c1-4-17-7(12)3-8(18-4)19-11-9(15)5(13)2-6(14)10(11)16/h2-3H,1H3,(H,17,18,19). The van der Waals surface area contributed by atoms with E-state index in [2.05, 4.69) is 31.2 Å². The summed E-state index contributed by atoms with van der Waals surface area (Å²) in [6.07, 6.45) is 0. The number of nitrogens with one attached hydrogen (secondary N) is 1. The number of aromatic nitrogens is 2. The van der Waals surface area contributed by atoms with Gasteiger partial charge < -0.3 is 5.32 Å². The SMILES string of the molecule is Cc1nc(Br)cc(Nc2c(F)c(F)cc(F)c2F)n1. The Morgan fingerprint density at radius 3 is 2.11 bits per heavy atom. The van der Waals surface area contributed by atoms with Crippen molar-refractivity contribution in [3.8, 4) is 0 Å². The minimum atomic E-state index is -1.52. The fourth-order valence-electron chi connectivity index (χ4n) is 1.41. The maximum atomic E-state index is 13.4. The van der Waals surface area contributed by atoms with E-state index in [1.807, 2.05) is 0 Å². The van der Waals surface area contributed by atoms with Crippen LogP contribution < -0.4 is 5.32 Å². The lowest BCUT2D eigenvalue weighted by Gasteiger charge is -2.09. The highest BCUT2D eigenvalue weighted by atomic mass is 79.9. The van der Waals surface area contributed by atoms with Gasteiger partial charge in [-0.15, -0.1) is 0 Å². The lowest BCUT2D eigenvalue weighted by Crippen LogP contribution is -2.05. The van der Waals surface area contributed by atoms with Crippen molar-refractivity contribution >= 4 is 27.4 Å². The Bertz CT molecular complexity index is 602. The zero-order valence-electron chi connectivity index (χ0n) is 9.44. The molecule has 8 heteroatoms. The molecule has 0 radical (unpaired) electrons. The van der Waals surface area contributed by atoms with Gasteiger partial charge in [-0.3, -0.25) is 0 Å². The first-order chi connectivity index (χ1) is 8.88. The highest BCUT2D eigenvalue weighted by Crippen LogP contribution is 2.27. The molecule has 0 unspecified atom stereocenters. The number of benzene rings is 1. The van der Waals surface area contributed by atoms with Gasteiger partial charge in [-0.05, 0) is 22.9 Å². The Balaban J connectivity index is 2.49. The second-order valence-corrected chi connectivity index (χ2v) is 4.40. The molecule has 0 aliphatic carbocycles. The molecular weight excluding hydrogens is 330 g/mol. The normalized spacial score (nSPS) is 10.6. The predicted molar refractivity (Wildman–Crippen MR) is 64.0 cm³/mol. The summed E-state index contributed by atoms with van der Waals surface area (Å²) in [4.78, 5) is 7.73. The minimum absolute atomic E-state index is 0.00201. The Hall–Kier alpha value is -1.70. The fourth-order valence-corrected chi connectivity index (χ4v) is 1.88. The van der Waals surface area contributed by atoms with E-state index in [1.54, 1.807) is 6.92 Å². The van der Waals surface area contributed by atoms with Crippen molar-refractivity contribution in [3.05, 3.63) is 45.8 Å². The quantitative estimate of drug-likeness (QED) is 0.514. The first kappa shape index (κ1) is 13.7. The average molecular weight is 336 g/mol. The number of hydrogen-bond acceptors (Lipinski definition) is 3. The third-order valence-corrected chi connectivity index (χ3v) is 2.58. The molecule has 2 rings (SSSR count). The van der Waals surface area contributed by atoms with E-state index >= 15 is 0 Å². The molecule has 0 saturated heterocycles. The molecule has 0 atom stereocenters. The summed E-state index contributed by atoms with van der Waals surface area (Å²) in [6.45, 7) is 1.55. The van der Waals surface area contributed by atoms with Crippen LogP contribution in [0.1, 0.15) is 5.82 Å². The Morgan fingerprint density at radius 1 is 1.00 bits per heavy atom. The van der Waals surface area contributed by atoms with Gasteiger partial charge in [0.25, 0.3) is 0 Å². The van der Waals surface area contributed by atoms with Crippen molar-refractivity contribution < 1.29 is 17.6 Å². The first-order valence-corrected chi connectivity index (χ1v) is 5.79. The molecule has 0 bridgehead atoms. The van der Waals surface area contributed by atoms with Crippen molar-refractivity contribution in [3.63, 3.8) is 0 Å². The molecule has 0 amide bonds. The first-order valence-electron chi connectivity index (χ1n) is 4.99. The van der Waals surface area contributed by atoms with Gasteiger partial charge in [0.1, 0.15) is 21.9 Å². The number of hydrogen-bond donors (Lipinski definition) is 1. The summed E-state index contributed by atoms with van der Waals surface area (Å²) >= 11 is 3.07. The van der Waals surface area contributed by atoms with Gasteiger partial charge in [-0.2, -0.15) is 0 Å². The molecule has 1 aromatic carbocycles. The van der Waals surface area contributed by atoms with Crippen LogP contribution in [0.4, 0.5) is 29.1 Å². The number of rotatable bonds is 2. The molecule has 0 saturated carbocycles. The van der Waals surface area contributed by atoms with Gasteiger partial charge >= 0.3 is 0 Å². The maximum absolute atomic E-state index is 13.4. The second-order valence-electron chi connectivity index (χ2n) is 3.59. The summed E-state index contributed by atoms with van der Waals surface area (Å²) in [5.41, 5.74) is -0.942.